The number of amides is 2. The predicted molar refractivity (Wildman–Crippen MR) is 114 cm³/mol. The van der Waals surface area contributed by atoms with Gasteiger partial charge in [0.05, 0.1) is 4.92 Å². The molecule has 0 saturated heterocycles. The minimum absolute atomic E-state index is 0.00656. The van der Waals surface area contributed by atoms with Crippen molar-refractivity contribution in [2.24, 2.45) is 10.8 Å². The van der Waals surface area contributed by atoms with Crippen LogP contribution < -0.4 is 21.6 Å². The van der Waals surface area contributed by atoms with E-state index in [2.05, 4.69) is 15.4 Å². The molecule has 0 saturated carbocycles. The molecule has 0 spiro atoms. The lowest BCUT2D eigenvalue weighted by molar-refractivity contribution is -0.384. The zero-order valence-corrected chi connectivity index (χ0v) is 17.0. The SMILES string of the molecule is CCN(CC)c1ccc2cc(C(N)=O)c(=NNC(=O)c3ccc([N+](=O)[O-])cc3)oc2c1. The number of hydrogen-bond donors (Lipinski definition) is 2. The van der Waals surface area contributed by atoms with E-state index in [1.165, 1.54) is 24.3 Å². The molecule has 2 amide bonds. The third kappa shape index (κ3) is 4.69. The summed E-state index contributed by atoms with van der Waals surface area (Å²) in [5.41, 5.74) is 9.01. The fourth-order valence-corrected chi connectivity index (χ4v) is 3.05. The lowest BCUT2D eigenvalue weighted by Gasteiger charge is -2.21. The normalized spacial score (nSPS) is 11.4. The van der Waals surface area contributed by atoms with Crippen LogP contribution in [0.4, 0.5) is 11.4 Å². The first-order valence-corrected chi connectivity index (χ1v) is 9.55. The van der Waals surface area contributed by atoms with Gasteiger partial charge in [0, 0.05) is 47.9 Å². The average molecular weight is 423 g/mol. The van der Waals surface area contributed by atoms with Crippen molar-refractivity contribution in [3.63, 3.8) is 0 Å². The van der Waals surface area contributed by atoms with Crippen LogP contribution in [0.15, 0.2) is 58.0 Å². The molecule has 160 valence electrons. The minimum Gasteiger partial charge on any atom is -0.436 e. The number of carbonyl (C=O) groups is 2. The highest BCUT2D eigenvalue weighted by molar-refractivity contribution is 5.96. The van der Waals surface area contributed by atoms with Crippen molar-refractivity contribution in [2.45, 2.75) is 13.8 Å². The number of nitrogens with two attached hydrogens (primary N) is 1. The van der Waals surface area contributed by atoms with Crippen molar-refractivity contribution in [2.75, 3.05) is 18.0 Å². The van der Waals surface area contributed by atoms with Gasteiger partial charge in [-0.1, -0.05) is 0 Å². The third-order valence-electron chi connectivity index (χ3n) is 4.73. The van der Waals surface area contributed by atoms with E-state index in [4.69, 9.17) is 10.2 Å². The molecule has 0 radical (unpaired) electrons. The van der Waals surface area contributed by atoms with Crippen molar-refractivity contribution < 1.29 is 18.9 Å². The van der Waals surface area contributed by atoms with Crippen LogP contribution in [0.1, 0.15) is 34.6 Å². The van der Waals surface area contributed by atoms with E-state index in [-0.39, 0.29) is 22.4 Å². The summed E-state index contributed by atoms with van der Waals surface area (Å²) < 4.78 is 5.77. The Morgan fingerprint density at radius 1 is 1.13 bits per heavy atom. The minimum atomic E-state index is -0.762. The lowest BCUT2D eigenvalue weighted by atomic mass is 10.1. The number of nitro groups is 1. The molecule has 0 atom stereocenters. The molecule has 0 aliphatic carbocycles. The van der Waals surface area contributed by atoms with Crippen molar-refractivity contribution in [3.8, 4) is 0 Å². The highest BCUT2D eigenvalue weighted by atomic mass is 16.6. The first kappa shape index (κ1) is 21.5. The fraction of sp³-hybridized carbons (Fsp3) is 0.190. The predicted octanol–water partition coefficient (Wildman–Crippen LogP) is 2.53. The maximum Gasteiger partial charge on any atom is 0.271 e. The maximum atomic E-state index is 12.3. The Bertz CT molecular complexity index is 1210. The number of rotatable bonds is 7. The van der Waals surface area contributed by atoms with E-state index < -0.39 is 16.7 Å². The smallest absolute Gasteiger partial charge is 0.271 e. The van der Waals surface area contributed by atoms with Gasteiger partial charge in [-0.2, -0.15) is 0 Å². The Labute approximate surface area is 177 Å². The largest absolute Gasteiger partial charge is 0.436 e. The van der Waals surface area contributed by atoms with Crippen LogP contribution >= 0.6 is 0 Å². The van der Waals surface area contributed by atoms with Crippen LogP contribution in [0.25, 0.3) is 11.0 Å². The number of anilines is 1. The molecule has 31 heavy (non-hydrogen) atoms. The second-order valence-electron chi connectivity index (χ2n) is 6.58. The van der Waals surface area contributed by atoms with Gasteiger partial charge in [0.25, 0.3) is 17.5 Å². The van der Waals surface area contributed by atoms with Gasteiger partial charge in [-0.15, -0.1) is 5.10 Å². The van der Waals surface area contributed by atoms with Crippen LogP contribution in [0.2, 0.25) is 0 Å². The molecule has 3 rings (SSSR count). The lowest BCUT2D eigenvalue weighted by Crippen LogP contribution is -2.27. The molecular formula is C21H21N5O5. The highest BCUT2D eigenvalue weighted by Crippen LogP contribution is 2.22. The van der Waals surface area contributed by atoms with Crippen LogP contribution in [0, 0.1) is 10.1 Å². The van der Waals surface area contributed by atoms with Gasteiger partial charge in [-0.3, -0.25) is 19.7 Å². The Hall–Kier alpha value is -4.21. The standard InChI is InChI=1S/C21H21N5O5/c1-3-25(4-2)16-10-7-14-11-17(19(22)27)21(31-18(14)12-16)24-23-20(28)13-5-8-15(9-6-13)26(29)30/h5-12H,3-4H2,1-2H3,(H2,22,27)(H,23,28). The van der Waals surface area contributed by atoms with E-state index in [1.807, 2.05) is 32.0 Å². The second-order valence-corrected chi connectivity index (χ2v) is 6.58. The Balaban J connectivity index is 1.98. The molecule has 0 bridgehead atoms. The van der Waals surface area contributed by atoms with Gasteiger partial charge in [0.2, 0.25) is 5.55 Å². The Morgan fingerprint density at radius 2 is 1.81 bits per heavy atom. The number of nitrogens with zero attached hydrogens (tertiary/aromatic N) is 3. The van der Waals surface area contributed by atoms with Gasteiger partial charge in [0.1, 0.15) is 11.1 Å². The maximum absolute atomic E-state index is 12.3. The average Bonchev–Trinajstić information content (AvgIpc) is 2.77. The van der Waals surface area contributed by atoms with Gasteiger partial charge >= 0.3 is 0 Å². The molecule has 1 heterocycles. The number of carbonyl (C=O) groups excluding carboxylic acids is 2. The molecule has 0 aliphatic heterocycles. The van der Waals surface area contributed by atoms with Gasteiger partial charge in [-0.05, 0) is 44.2 Å². The molecule has 0 unspecified atom stereocenters. The summed E-state index contributed by atoms with van der Waals surface area (Å²) in [7, 11) is 0. The number of benzene rings is 2. The molecule has 2 aromatic carbocycles. The number of fused-ring (bicyclic) bond motifs is 1. The molecule has 0 aliphatic rings. The van der Waals surface area contributed by atoms with E-state index in [1.54, 1.807) is 6.07 Å². The van der Waals surface area contributed by atoms with Crippen LogP contribution in [-0.2, 0) is 0 Å². The molecule has 10 nitrogen and oxygen atoms in total. The van der Waals surface area contributed by atoms with Gasteiger partial charge < -0.3 is 15.1 Å². The number of nitro benzene ring substituents is 1. The zero-order valence-electron chi connectivity index (χ0n) is 17.0. The summed E-state index contributed by atoms with van der Waals surface area (Å²) in [4.78, 5) is 36.5. The molecular weight excluding hydrogens is 402 g/mol. The monoisotopic (exact) mass is 423 g/mol. The number of nitrogens with one attached hydrogen (secondary N) is 1. The Morgan fingerprint density at radius 3 is 2.39 bits per heavy atom. The van der Waals surface area contributed by atoms with E-state index in [9.17, 15) is 19.7 Å². The zero-order chi connectivity index (χ0) is 22.5. The van der Waals surface area contributed by atoms with E-state index in [0.717, 1.165) is 18.8 Å². The summed E-state index contributed by atoms with van der Waals surface area (Å²) in [5.74, 6) is -1.39. The van der Waals surface area contributed by atoms with Gasteiger partial charge in [-0.25, -0.2) is 5.43 Å². The van der Waals surface area contributed by atoms with E-state index in [0.29, 0.717) is 11.0 Å². The first-order valence-electron chi connectivity index (χ1n) is 9.55. The summed E-state index contributed by atoms with van der Waals surface area (Å²) in [5, 5.41) is 15.3. The summed E-state index contributed by atoms with van der Waals surface area (Å²) >= 11 is 0. The van der Waals surface area contributed by atoms with Crippen molar-refractivity contribution in [1.82, 2.24) is 5.43 Å². The van der Waals surface area contributed by atoms with Crippen molar-refractivity contribution in [1.29, 1.82) is 0 Å². The van der Waals surface area contributed by atoms with Gasteiger partial charge in [0.15, 0.2) is 0 Å². The molecule has 10 heteroatoms. The highest BCUT2D eigenvalue weighted by Gasteiger charge is 2.13. The van der Waals surface area contributed by atoms with Crippen LogP contribution in [0.3, 0.4) is 0 Å². The number of primary amides is 1. The molecule has 0 fully saturated rings. The topological polar surface area (TPSA) is 144 Å². The quantitative estimate of drug-likeness (QED) is 0.441. The molecule has 3 aromatic rings. The van der Waals surface area contributed by atoms with Crippen LogP contribution in [-0.4, -0.2) is 29.8 Å². The van der Waals surface area contributed by atoms with Crippen molar-refractivity contribution in [3.05, 3.63) is 75.3 Å². The first-order chi connectivity index (χ1) is 14.8. The van der Waals surface area contributed by atoms with Crippen molar-refractivity contribution >= 4 is 34.2 Å². The summed E-state index contributed by atoms with van der Waals surface area (Å²) in [6, 6.07) is 12.1. The Kier molecular flexibility index (Phi) is 6.29. The third-order valence-corrected chi connectivity index (χ3v) is 4.73. The summed E-state index contributed by atoms with van der Waals surface area (Å²) in [6.45, 7) is 5.69. The van der Waals surface area contributed by atoms with E-state index >= 15 is 0 Å². The van der Waals surface area contributed by atoms with Crippen LogP contribution in [0.5, 0.6) is 0 Å². The summed E-state index contributed by atoms with van der Waals surface area (Å²) in [6.07, 6.45) is 0. The molecule has 3 N–H and O–H groups in total. The second kappa shape index (κ2) is 9.08. The number of non-ortho nitro benzene ring substituents is 1. The number of hydrogen-bond acceptors (Lipinski definition) is 7. The molecule has 1 aromatic heterocycles. The fourth-order valence-electron chi connectivity index (χ4n) is 3.05.